The normalized spacial score (nSPS) is 11.3. The number of carboxylic acids is 1. The SMILES string of the molecule is CCC(CC)(CNC(=O)c1cccc(OC(C)C)n1)C(=O)O. The Hall–Kier alpha value is -2.11. The van der Waals surface area contributed by atoms with E-state index in [1.54, 1.807) is 32.0 Å². The maximum atomic E-state index is 12.2. The number of amides is 1. The molecule has 0 aliphatic rings. The van der Waals surface area contributed by atoms with Crippen molar-refractivity contribution in [2.24, 2.45) is 5.41 Å². The molecule has 1 rings (SSSR count). The molecule has 0 radical (unpaired) electrons. The Morgan fingerprint density at radius 3 is 2.45 bits per heavy atom. The molecule has 1 aromatic rings. The molecule has 2 N–H and O–H groups in total. The standard InChI is InChI=1S/C16H24N2O4/c1-5-16(6-2,15(20)21)10-17-14(19)12-8-7-9-13(18-12)22-11(3)4/h7-9,11H,5-6,10H2,1-4H3,(H,17,19)(H,20,21). The lowest BCUT2D eigenvalue weighted by Gasteiger charge is -2.26. The molecule has 122 valence electrons. The summed E-state index contributed by atoms with van der Waals surface area (Å²) in [5.41, 5.74) is -0.730. The number of nitrogens with one attached hydrogen (secondary N) is 1. The Morgan fingerprint density at radius 2 is 1.95 bits per heavy atom. The first-order valence-corrected chi connectivity index (χ1v) is 7.50. The van der Waals surface area contributed by atoms with Gasteiger partial charge in [0.05, 0.1) is 11.5 Å². The van der Waals surface area contributed by atoms with Gasteiger partial charge in [-0.15, -0.1) is 0 Å². The fraction of sp³-hybridized carbons (Fsp3) is 0.562. The van der Waals surface area contributed by atoms with Crippen molar-refractivity contribution in [1.82, 2.24) is 10.3 Å². The summed E-state index contributed by atoms with van der Waals surface area (Å²) >= 11 is 0. The van der Waals surface area contributed by atoms with Crippen molar-refractivity contribution in [3.8, 4) is 5.88 Å². The van der Waals surface area contributed by atoms with E-state index in [1.807, 2.05) is 13.8 Å². The van der Waals surface area contributed by atoms with Gasteiger partial charge in [-0.3, -0.25) is 9.59 Å². The molecule has 22 heavy (non-hydrogen) atoms. The van der Waals surface area contributed by atoms with Crippen LogP contribution in [0.3, 0.4) is 0 Å². The number of ether oxygens (including phenoxy) is 1. The second-order valence-corrected chi connectivity index (χ2v) is 5.50. The average Bonchev–Trinajstić information content (AvgIpc) is 2.47. The fourth-order valence-electron chi connectivity index (χ4n) is 2.07. The van der Waals surface area contributed by atoms with E-state index in [1.165, 1.54) is 0 Å². The lowest BCUT2D eigenvalue weighted by atomic mass is 9.82. The third-order valence-electron chi connectivity index (χ3n) is 3.71. The van der Waals surface area contributed by atoms with Gasteiger partial charge in [-0.2, -0.15) is 0 Å². The number of pyridine rings is 1. The van der Waals surface area contributed by atoms with Crippen LogP contribution in [0.1, 0.15) is 51.0 Å². The lowest BCUT2D eigenvalue weighted by Crippen LogP contribution is -2.42. The third-order valence-corrected chi connectivity index (χ3v) is 3.71. The van der Waals surface area contributed by atoms with Crippen LogP contribution in [0.2, 0.25) is 0 Å². The van der Waals surface area contributed by atoms with Crippen molar-refractivity contribution in [3.05, 3.63) is 23.9 Å². The highest BCUT2D eigenvalue weighted by atomic mass is 16.5. The highest BCUT2D eigenvalue weighted by molar-refractivity contribution is 5.92. The summed E-state index contributed by atoms with van der Waals surface area (Å²) in [6.45, 7) is 7.43. The number of carboxylic acid groups (broad SMARTS) is 1. The van der Waals surface area contributed by atoms with Crippen LogP contribution in [0.4, 0.5) is 0 Å². The molecule has 0 saturated carbocycles. The molecular weight excluding hydrogens is 284 g/mol. The van der Waals surface area contributed by atoms with Crippen molar-refractivity contribution in [2.45, 2.75) is 46.6 Å². The second kappa shape index (κ2) is 7.77. The van der Waals surface area contributed by atoms with Gasteiger partial charge in [-0.25, -0.2) is 4.98 Å². The smallest absolute Gasteiger partial charge is 0.311 e. The zero-order valence-corrected chi connectivity index (χ0v) is 13.5. The van der Waals surface area contributed by atoms with E-state index in [-0.39, 0.29) is 18.3 Å². The number of hydrogen-bond acceptors (Lipinski definition) is 4. The number of carbonyl (C=O) groups is 2. The highest BCUT2D eigenvalue weighted by Crippen LogP contribution is 2.25. The second-order valence-electron chi connectivity index (χ2n) is 5.50. The maximum absolute atomic E-state index is 12.2. The fourth-order valence-corrected chi connectivity index (χ4v) is 2.07. The molecule has 0 aromatic carbocycles. The number of rotatable bonds is 8. The van der Waals surface area contributed by atoms with Crippen molar-refractivity contribution < 1.29 is 19.4 Å². The molecular formula is C16H24N2O4. The quantitative estimate of drug-likeness (QED) is 0.770. The topological polar surface area (TPSA) is 88.5 Å². The van der Waals surface area contributed by atoms with E-state index in [0.717, 1.165) is 0 Å². The van der Waals surface area contributed by atoms with Gasteiger partial charge >= 0.3 is 5.97 Å². The highest BCUT2D eigenvalue weighted by Gasteiger charge is 2.35. The van der Waals surface area contributed by atoms with Crippen LogP contribution < -0.4 is 10.1 Å². The summed E-state index contributed by atoms with van der Waals surface area (Å²) in [4.78, 5) is 27.7. The minimum atomic E-state index is -0.943. The van der Waals surface area contributed by atoms with E-state index >= 15 is 0 Å². The average molecular weight is 308 g/mol. The molecule has 0 fully saturated rings. The van der Waals surface area contributed by atoms with Gasteiger partial charge in [0.15, 0.2) is 0 Å². The largest absolute Gasteiger partial charge is 0.481 e. The zero-order chi connectivity index (χ0) is 16.8. The number of nitrogens with zero attached hydrogens (tertiary/aromatic N) is 1. The van der Waals surface area contributed by atoms with Gasteiger partial charge in [0.2, 0.25) is 5.88 Å². The molecule has 0 aliphatic heterocycles. The minimum Gasteiger partial charge on any atom is -0.481 e. The van der Waals surface area contributed by atoms with Crippen molar-refractivity contribution >= 4 is 11.9 Å². The van der Waals surface area contributed by atoms with Gasteiger partial charge in [-0.05, 0) is 32.8 Å². The third kappa shape index (κ3) is 4.44. The molecule has 0 saturated heterocycles. The van der Waals surface area contributed by atoms with Crippen molar-refractivity contribution in [2.75, 3.05) is 6.54 Å². The van der Waals surface area contributed by atoms with Gasteiger partial charge in [0.1, 0.15) is 5.69 Å². The van der Waals surface area contributed by atoms with Gasteiger partial charge in [0.25, 0.3) is 5.91 Å². The lowest BCUT2D eigenvalue weighted by molar-refractivity contribution is -0.149. The van der Waals surface area contributed by atoms with Gasteiger partial charge in [0, 0.05) is 12.6 Å². The van der Waals surface area contributed by atoms with Crippen LogP contribution in [0.25, 0.3) is 0 Å². The van der Waals surface area contributed by atoms with Crippen molar-refractivity contribution in [3.63, 3.8) is 0 Å². The van der Waals surface area contributed by atoms with Gasteiger partial charge < -0.3 is 15.2 Å². The zero-order valence-electron chi connectivity index (χ0n) is 13.5. The summed E-state index contributed by atoms with van der Waals surface area (Å²) in [5.74, 6) is -0.928. The number of carbonyl (C=O) groups excluding carboxylic acids is 1. The Kier molecular flexibility index (Phi) is 6.34. The van der Waals surface area contributed by atoms with Crippen molar-refractivity contribution in [1.29, 1.82) is 0 Å². The van der Waals surface area contributed by atoms with E-state index in [2.05, 4.69) is 10.3 Å². The number of hydrogen-bond donors (Lipinski definition) is 2. The Balaban J connectivity index is 2.79. The van der Waals surface area contributed by atoms with Crippen LogP contribution >= 0.6 is 0 Å². The summed E-state index contributed by atoms with van der Waals surface area (Å²) < 4.78 is 5.45. The summed E-state index contributed by atoms with van der Waals surface area (Å²) in [7, 11) is 0. The van der Waals surface area contributed by atoms with Crippen LogP contribution in [0.15, 0.2) is 18.2 Å². The monoisotopic (exact) mass is 308 g/mol. The molecule has 0 unspecified atom stereocenters. The van der Waals surface area contributed by atoms with Crippen LogP contribution in [-0.4, -0.2) is 34.6 Å². The van der Waals surface area contributed by atoms with Crippen LogP contribution in [0.5, 0.6) is 5.88 Å². The Morgan fingerprint density at radius 1 is 1.32 bits per heavy atom. The first-order chi connectivity index (χ1) is 10.3. The molecule has 6 heteroatoms. The minimum absolute atomic E-state index is 0.0364. The first-order valence-electron chi connectivity index (χ1n) is 7.50. The predicted molar refractivity (Wildman–Crippen MR) is 83.0 cm³/mol. The molecule has 0 aliphatic carbocycles. The molecule has 0 atom stereocenters. The summed E-state index contributed by atoms with van der Waals surface area (Å²) in [6, 6.07) is 4.93. The number of aliphatic carboxylic acids is 1. The molecule has 0 spiro atoms. The van der Waals surface area contributed by atoms with E-state index in [4.69, 9.17) is 4.74 Å². The van der Waals surface area contributed by atoms with E-state index in [0.29, 0.717) is 18.7 Å². The summed E-state index contributed by atoms with van der Waals surface area (Å²) in [6.07, 6.45) is 0.858. The van der Waals surface area contributed by atoms with E-state index < -0.39 is 17.3 Å². The molecule has 1 amide bonds. The Bertz CT molecular complexity index is 525. The predicted octanol–water partition coefficient (Wildman–Crippen LogP) is 2.49. The van der Waals surface area contributed by atoms with Crippen LogP contribution in [0, 0.1) is 5.41 Å². The number of aromatic nitrogens is 1. The van der Waals surface area contributed by atoms with Crippen LogP contribution in [-0.2, 0) is 4.79 Å². The molecule has 1 aromatic heterocycles. The molecule has 0 bridgehead atoms. The Labute approximate surface area is 130 Å². The molecule has 1 heterocycles. The summed E-state index contributed by atoms with van der Waals surface area (Å²) in [5, 5.41) is 12.0. The molecule has 6 nitrogen and oxygen atoms in total. The maximum Gasteiger partial charge on any atom is 0.311 e. The first kappa shape index (κ1) is 17.9. The van der Waals surface area contributed by atoms with Gasteiger partial charge in [-0.1, -0.05) is 19.9 Å². The van der Waals surface area contributed by atoms with E-state index in [9.17, 15) is 14.7 Å².